The molecule has 3 atom stereocenters. The second kappa shape index (κ2) is 50.0. The Morgan fingerprint density at radius 1 is 0.476 bits per heavy atom. The van der Waals surface area contributed by atoms with Gasteiger partial charge in [0.2, 0.25) is 5.91 Å². The fraction of sp³-hybridized carbons (Fsp3) is 0.719. The van der Waals surface area contributed by atoms with Gasteiger partial charge in [-0.25, -0.2) is 0 Å². The first-order chi connectivity index (χ1) is 31.0. The van der Waals surface area contributed by atoms with Crippen LogP contribution in [0, 0.1) is 0 Å². The van der Waals surface area contributed by atoms with Gasteiger partial charge in [-0.05, 0) is 89.9 Å². The van der Waals surface area contributed by atoms with Gasteiger partial charge >= 0.3 is 5.97 Å². The molecule has 0 saturated heterocycles. The van der Waals surface area contributed by atoms with Gasteiger partial charge in [0.15, 0.2) is 0 Å². The molecule has 362 valence electrons. The fourth-order valence-electron chi connectivity index (χ4n) is 7.51. The quantitative estimate of drug-likeness (QED) is 0.0322. The Balaban J connectivity index is 4.61. The number of aliphatic hydroxyl groups excluding tert-OH is 2. The van der Waals surface area contributed by atoms with Crippen LogP contribution in [0.1, 0.15) is 239 Å². The van der Waals surface area contributed by atoms with E-state index in [1.165, 1.54) is 96.3 Å². The van der Waals surface area contributed by atoms with E-state index in [-0.39, 0.29) is 31.3 Å². The lowest BCUT2D eigenvalue weighted by Crippen LogP contribution is -2.46. The van der Waals surface area contributed by atoms with Crippen molar-refractivity contribution in [1.82, 2.24) is 5.32 Å². The molecule has 0 rings (SSSR count). The molecule has 3 N–H and O–H groups in total. The third kappa shape index (κ3) is 45.4. The summed E-state index contributed by atoms with van der Waals surface area (Å²) < 4.78 is 5.87. The molecular formula is C57H99NO5. The lowest BCUT2D eigenvalue weighted by molar-refractivity contribution is -0.150. The largest absolute Gasteiger partial charge is 0.462 e. The van der Waals surface area contributed by atoms with Crippen LogP contribution in [0.3, 0.4) is 0 Å². The molecule has 6 nitrogen and oxygen atoms in total. The molecule has 3 unspecified atom stereocenters. The van der Waals surface area contributed by atoms with Crippen molar-refractivity contribution in [2.75, 3.05) is 6.61 Å². The number of aliphatic hydroxyl groups is 2. The molecule has 0 fully saturated rings. The first kappa shape index (κ1) is 60.0. The highest BCUT2D eigenvalue weighted by atomic mass is 16.5. The molecule has 0 aliphatic carbocycles. The summed E-state index contributed by atoms with van der Waals surface area (Å²) in [4.78, 5) is 26.1. The van der Waals surface area contributed by atoms with E-state index < -0.39 is 18.2 Å². The average molecular weight is 878 g/mol. The summed E-state index contributed by atoms with van der Waals surface area (Å²) in [7, 11) is 0. The number of hydrogen-bond acceptors (Lipinski definition) is 5. The minimum Gasteiger partial charge on any atom is -0.462 e. The van der Waals surface area contributed by atoms with Crippen LogP contribution in [0.2, 0.25) is 0 Å². The summed E-state index contributed by atoms with van der Waals surface area (Å²) in [5.74, 6) is -0.594. The van der Waals surface area contributed by atoms with Gasteiger partial charge < -0.3 is 20.3 Å². The molecule has 0 aliphatic rings. The van der Waals surface area contributed by atoms with Crippen LogP contribution in [0.25, 0.3) is 0 Å². The van der Waals surface area contributed by atoms with E-state index in [9.17, 15) is 19.8 Å². The van der Waals surface area contributed by atoms with Crippen LogP contribution in [-0.4, -0.2) is 46.9 Å². The van der Waals surface area contributed by atoms with Gasteiger partial charge in [-0.1, -0.05) is 221 Å². The molecule has 0 aliphatic heterocycles. The second-order valence-corrected chi connectivity index (χ2v) is 17.5. The Morgan fingerprint density at radius 2 is 0.857 bits per heavy atom. The van der Waals surface area contributed by atoms with Crippen LogP contribution >= 0.6 is 0 Å². The van der Waals surface area contributed by atoms with Gasteiger partial charge in [0, 0.05) is 6.42 Å². The smallest absolute Gasteiger partial charge is 0.306 e. The number of carbonyl (C=O) groups excluding carboxylic acids is 2. The molecule has 0 aromatic heterocycles. The molecule has 0 aromatic rings. The van der Waals surface area contributed by atoms with E-state index in [2.05, 4.69) is 105 Å². The van der Waals surface area contributed by atoms with Crippen molar-refractivity contribution in [3.8, 4) is 0 Å². The van der Waals surface area contributed by atoms with E-state index in [0.29, 0.717) is 19.3 Å². The van der Waals surface area contributed by atoms with Crippen LogP contribution in [0.5, 0.6) is 0 Å². The maximum atomic E-state index is 13.2. The standard InChI is InChI=1S/C57H99NO5/c1-4-7-10-13-16-19-22-24-26-27-28-29-31-33-35-38-41-44-47-50-57(62)63-53(48-45-42-39-36-21-18-15-12-9-6-3)51-56(61)58-54(52-59)55(60)49-46-43-40-37-34-32-30-25-23-20-17-14-11-8-5-2/h7,10,16,18-19,21,24,26,28-29,33,35,41,44,53-55,59-60H,4-6,8-9,11-15,17,20,22-23,25,27,30-32,34,36-40,42-43,45-52H2,1-3H3,(H,58,61)/b10-7-,19-16-,21-18-,26-24-,29-28-,35-33-,44-41-. The second-order valence-electron chi connectivity index (χ2n) is 17.5. The van der Waals surface area contributed by atoms with Crippen molar-refractivity contribution < 1.29 is 24.5 Å². The van der Waals surface area contributed by atoms with Crippen LogP contribution < -0.4 is 5.32 Å². The minimum atomic E-state index is -0.807. The van der Waals surface area contributed by atoms with Crippen molar-refractivity contribution in [1.29, 1.82) is 0 Å². The molecule has 63 heavy (non-hydrogen) atoms. The molecule has 6 heteroatoms. The summed E-state index contributed by atoms with van der Waals surface area (Å²) in [6, 6.07) is -0.724. The molecule has 1 amide bonds. The molecule has 0 saturated carbocycles. The van der Waals surface area contributed by atoms with E-state index in [1.54, 1.807) is 0 Å². The summed E-state index contributed by atoms with van der Waals surface area (Å²) in [6.45, 7) is 6.32. The Bertz CT molecular complexity index is 1210. The van der Waals surface area contributed by atoms with Crippen molar-refractivity contribution in [3.05, 3.63) is 85.1 Å². The van der Waals surface area contributed by atoms with Crippen molar-refractivity contribution in [2.45, 2.75) is 257 Å². The fourth-order valence-corrected chi connectivity index (χ4v) is 7.51. The number of unbranched alkanes of at least 4 members (excludes halogenated alkanes) is 20. The number of amides is 1. The van der Waals surface area contributed by atoms with E-state index >= 15 is 0 Å². The summed E-state index contributed by atoms with van der Waals surface area (Å²) in [5.41, 5.74) is 0. The molecule has 0 heterocycles. The van der Waals surface area contributed by atoms with Crippen molar-refractivity contribution in [2.24, 2.45) is 0 Å². The molecule has 0 radical (unpaired) electrons. The predicted molar refractivity (Wildman–Crippen MR) is 273 cm³/mol. The number of allylic oxidation sites excluding steroid dienone is 14. The zero-order chi connectivity index (χ0) is 45.9. The normalized spacial score (nSPS) is 13.9. The number of nitrogens with one attached hydrogen (secondary N) is 1. The Morgan fingerprint density at radius 3 is 1.33 bits per heavy atom. The highest BCUT2D eigenvalue weighted by Gasteiger charge is 2.24. The lowest BCUT2D eigenvalue weighted by atomic mass is 10.0. The number of rotatable bonds is 46. The van der Waals surface area contributed by atoms with E-state index in [4.69, 9.17) is 4.74 Å². The van der Waals surface area contributed by atoms with Crippen LogP contribution in [0.15, 0.2) is 85.1 Å². The number of esters is 1. The highest BCUT2D eigenvalue weighted by molar-refractivity contribution is 5.77. The van der Waals surface area contributed by atoms with Crippen LogP contribution in [0.4, 0.5) is 0 Å². The first-order valence-electron chi connectivity index (χ1n) is 26.3. The molecule has 0 aromatic carbocycles. The van der Waals surface area contributed by atoms with Gasteiger partial charge in [0.05, 0.1) is 25.2 Å². The van der Waals surface area contributed by atoms with Gasteiger partial charge in [-0.15, -0.1) is 0 Å². The summed E-state index contributed by atoms with van der Waals surface area (Å²) >= 11 is 0. The average Bonchev–Trinajstić information content (AvgIpc) is 3.28. The highest BCUT2D eigenvalue weighted by Crippen LogP contribution is 2.17. The molecule has 0 bridgehead atoms. The maximum absolute atomic E-state index is 13.2. The number of hydrogen-bond donors (Lipinski definition) is 3. The molecular weight excluding hydrogens is 779 g/mol. The Labute approximate surface area is 389 Å². The minimum absolute atomic E-state index is 0.0329. The molecule has 0 spiro atoms. The summed E-state index contributed by atoms with van der Waals surface area (Å²) in [6.07, 6.45) is 65.1. The third-order valence-corrected chi connectivity index (χ3v) is 11.5. The number of ether oxygens (including phenoxy) is 1. The number of carbonyl (C=O) groups is 2. The first-order valence-corrected chi connectivity index (χ1v) is 26.3. The predicted octanol–water partition coefficient (Wildman–Crippen LogP) is 16.0. The van der Waals surface area contributed by atoms with Crippen LogP contribution in [-0.2, 0) is 14.3 Å². The zero-order valence-electron chi connectivity index (χ0n) is 41.2. The van der Waals surface area contributed by atoms with Gasteiger partial charge in [-0.2, -0.15) is 0 Å². The van der Waals surface area contributed by atoms with E-state index in [1.807, 2.05) is 6.08 Å². The van der Waals surface area contributed by atoms with Gasteiger partial charge in [0.25, 0.3) is 0 Å². The Kier molecular flexibility index (Phi) is 47.7. The van der Waals surface area contributed by atoms with Gasteiger partial charge in [-0.3, -0.25) is 9.59 Å². The SMILES string of the molecule is CC/C=C\C/C=C\C/C=C\C/C=C\C/C=C\C/C=C\CCC(=O)OC(CCCCC/C=C\CCCCC)CC(=O)NC(CO)C(O)CCCCCCCCCCCCCCCCC. The van der Waals surface area contributed by atoms with Crippen molar-refractivity contribution >= 4 is 11.9 Å². The zero-order valence-corrected chi connectivity index (χ0v) is 41.2. The maximum Gasteiger partial charge on any atom is 0.306 e. The van der Waals surface area contributed by atoms with Crippen molar-refractivity contribution in [3.63, 3.8) is 0 Å². The lowest BCUT2D eigenvalue weighted by Gasteiger charge is -2.24. The Hall–Kier alpha value is -2.96. The topological polar surface area (TPSA) is 95.9 Å². The summed E-state index contributed by atoms with van der Waals surface area (Å²) in [5, 5.41) is 23.8. The van der Waals surface area contributed by atoms with E-state index in [0.717, 1.165) is 89.9 Å². The van der Waals surface area contributed by atoms with Gasteiger partial charge in [0.1, 0.15) is 6.10 Å². The monoisotopic (exact) mass is 878 g/mol. The third-order valence-electron chi connectivity index (χ3n) is 11.5.